The summed E-state index contributed by atoms with van der Waals surface area (Å²) in [6, 6.07) is 7.95. The average molecular weight is 399 g/mol. The van der Waals surface area contributed by atoms with E-state index in [4.69, 9.17) is 4.74 Å². The van der Waals surface area contributed by atoms with Gasteiger partial charge in [-0.2, -0.15) is 0 Å². The Balaban J connectivity index is 1.09. The quantitative estimate of drug-likeness (QED) is 0.751. The molecule has 6 heteroatoms. The number of aromatic nitrogens is 1. The second-order valence-electron chi connectivity index (χ2n) is 8.98. The Morgan fingerprint density at radius 3 is 2.46 bits per heavy atom. The summed E-state index contributed by atoms with van der Waals surface area (Å²) in [7, 11) is 0. The van der Waals surface area contributed by atoms with Crippen molar-refractivity contribution in [3.05, 3.63) is 29.3 Å². The van der Waals surface area contributed by atoms with Gasteiger partial charge in [0.15, 0.2) is 6.61 Å². The summed E-state index contributed by atoms with van der Waals surface area (Å²) in [5.41, 5.74) is 0.935. The lowest BCUT2D eigenvalue weighted by Gasteiger charge is -2.56. The minimum absolute atomic E-state index is 0.0285. The van der Waals surface area contributed by atoms with E-state index < -0.39 is 0 Å². The fourth-order valence-electron chi connectivity index (χ4n) is 6.05. The molecule has 4 fully saturated rings. The molecular formula is C22H26N2O3S. The molecule has 0 atom stereocenters. The first-order chi connectivity index (χ1) is 13.6. The van der Waals surface area contributed by atoms with Crippen molar-refractivity contribution >= 4 is 33.4 Å². The Labute approximate surface area is 168 Å². The van der Waals surface area contributed by atoms with Crippen molar-refractivity contribution < 1.29 is 14.3 Å². The van der Waals surface area contributed by atoms with Crippen molar-refractivity contribution in [2.75, 3.05) is 6.61 Å². The van der Waals surface area contributed by atoms with Crippen LogP contribution in [0.5, 0.6) is 0 Å². The van der Waals surface area contributed by atoms with Gasteiger partial charge in [-0.1, -0.05) is 12.1 Å². The van der Waals surface area contributed by atoms with Crippen molar-refractivity contribution in [1.82, 2.24) is 10.3 Å². The number of amides is 1. The molecule has 4 bridgehead atoms. The number of esters is 1. The molecule has 1 aromatic heterocycles. The highest BCUT2D eigenvalue weighted by molar-refractivity contribution is 7.18. The Bertz CT molecular complexity index is 838. The van der Waals surface area contributed by atoms with Crippen molar-refractivity contribution in [1.29, 1.82) is 0 Å². The van der Waals surface area contributed by atoms with Crippen LogP contribution in [-0.2, 0) is 20.7 Å². The zero-order valence-corrected chi connectivity index (χ0v) is 16.8. The smallest absolute Gasteiger partial charge is 0.306 e. The SMILES string of the molecule is O=C(COC(=O)CCc1nc2ccccc2s1)NC12CC3CC(CC(C3)C1)C2. The summed E-state index contributed by atoms with van der Waals surface area (Å²) < 4.78 is 6.37. The molecule has 0 saturated heterocycles. The maximum absolute atomic E-state index is 12.4. The second-order valence-corrected chi connectivity index (χ2v) is 10.1. The van der Waals surface area contributed by atoms with Gasteiger partial charge in [0.1, 0.15) is 0 Å². The first-order valence-corrected chi connectivity index (χ1v) is 11.2. The van der Waals surface area contributed by atoms with Gasteiger partial charge in [-0.05, 0) is 68.4 Å². The molecule has 0 aliphatic heterocycles. The van der Waals surface area contributed by atoms with E-state index in [-0.39, 0.29) is 30.4 Å². The number of carbonyl (C=O) groups excluding carboxylic acids is 2. The van der Waals surface area contributed by atoms with Gasteiger partial charge in [0.05, 0.1) is 21.6 Å². The summed E-state index contributed by atoms with van der Waals surface area (Å²) in [4.78, 5) is 29.0. The van der Waals surface area contributed by atoms with Crippen LogP contribution in [0, 0.1) is 17.8 Å². The number of hydrogen-bond donors (Lipinski definition) is 1. The van der Waals surface area contributed by atoms with Gasteiger partial charge in [0, 0.05) is 12.0 Å². The minimum atomic E-state index is -0.333. The highest BCUT2D eigenvalue weighted by Gasteiger charge is 2.51. The molecule has 5 nitrogen and oxygen atoms in total. The summed E-state index contributed by atoms with van der Waals surface area (Å²) in [6.07, 6.45) is 8.16. The molecule has 28 heavy (non-hydrogen) atoms. The van der Waals surface area contributed by atoms with E-state index in [9.17, 15) is 9.59 Å². The first-order valence-electron chi connectivity index (χ1n) is 10.4. The number of fused-ring (bicyclic) bond motifs is 1. The number of nitrogens with one attached hydrogen (secondary N) is 1. The van der Waals surface area contributed by atoms with Crippen LogP contribution >= 0.6 is 11.3 Å². The number of benzene rings is 1. The Morgan fingerprint density at radius 2 is 1.79 bits per heavy atom. The number of hydrogen-bond acceptors (Lipinski definition) is 5. The monoisotopic (exact) mass is 398 g/mol. The summed E-state index contributed by atoms with van der Waals surface area (Å²) >= 11 is 1.60. The van der Waals surface area contributed by atoms with E-state index >= 15 is 0 Å². The minimum Gasteiger partial charge on any atom is -0.456 e. The van der Waals surface area contributed by atoms with Gasteiger partial charge < -0.3 is 10.1 Å². The summed E-state index contributed by atoms with van der Waals surface area (Å²) in [5, 5.41) is 4.17. The van der Waals surface area contributed by atoms with Crippen molar-refractivity contribution in [3.8, 4) is 0 Å². The highest BCUT2D eigenvalue weighted by atomic mass is 32.1. The topological polar surface area (TPSA) is 68.3 Å². The van der Waals surface area contributed by atoms with Crippen LogP contribution in [-0.4, -0.2) is 29.0 Å². The van der Waals surface area contributed by atoms with Crippen molar-refractivity contribution in [2.45, 2.75) is 56.9 Å². The average Bonchev–Trinajstić information content (AvgIpc) is 3.06. The Kier molecular flexibility index (Phi) is 4.62. The normalized spacial score (nSPS) is 30.5. The third kappa shape index (κ3) is 3.66. The fraction of sp³-hybridized carbons (Fsp3) is 0.591. The van der Waals surface area contributed by atoms with Gasteiger partial charge in [-0.3, -0.25) is 9.59 Å². The largest absolute Gasteiger partial charge is 0.456 e. The van der Waals surface area contributed by atoms with Crippen LogP contribution < -0.4 is 5.32 Å². The number of para-hydroxylation sites is 1. The van der Waals surface area contributed by atoms with E-state index in [1.807, 2.05) is 24.3 Å². The van der Waals surface area contributed by atoms with E-state index in [1.54, 1.807) is 11.3 Å². The molecule has 148 valence electrons. The van der Waals surface area contributed by atoms with Gasteiger partial charge in [-0.25, -0.2) is 4.98 Å². The third-order valence-electron chi connectivity index (χ3n) is 6.69. The molecule has 4 aliphatic rings. The number of aryl methyl sites for hydroxylation is 1. The molecular weight excluding hydrogens is 372 g/mol. The number of rotatable bonds is 6. The molecule has 0 radical (unpaired) electrons. The van der Waals surface area contributed by atoms with Crippen LogP contribution in [0.1, 0.15) is 50.0 Å². The van der Waals surface area contributed by atoms with Crippen LogP contribution in [0.15, 0.2) is 24.3 Å². The van der Waals surface area contributed by atoms with Gasteiger partial charge in [-0.15, -0.1) is 11.3 Å². The second kappa shape index (κ2) is 7.14. The number of ether oxygens (including phenoxy) is 1. The maximum Gasteiger partial charge on any atom is 0.306 e. The summed E-state index contributed by atoms with van der Waals surface area (Å²) in [6.45, 7) is -0.166. The molecule has 1 N–H and O–H groups in total. The molecule has 4 aliphatic carbocycles. The number of thiazole rings is 1. The lowest BCUT2D eigenvalue weighted by atomic mass is 9.53. The van der Waals surface area contributed by atoms with Crippen LogP contribution in [0.3, 0.4) is 0 Å². The van der Waals surface area contributed by atoms with E-state index in [0.717, 1.165) is 52.2 Å². The molecule has 0 spiro atoms. The predicted molar refractivity (Wildman–Crippen MR) is 108 cm³/mol. The number of carbonyl (C=O) groups is 2. The third-order valence-corrected chi connectivity index (χ3v) is 7.78. The highest BCUT2D eigenvalue weighted by Crippen LogP contribution is 2.55. The van der Waals surface area contributed by atoms with Crippen molar-refractivity contribution in [2.24, 2.45) is 17.8 Å². The standard InChI is InChI=1S/C22H26N2O3S/c25-19(24-22-10-14-7-15(11-22)9-16(8-14)12-22)13-27-21(26)6-5-20-23-17-3-1-2-4-18(17)28-20/h1-4,14-16H,5-13H2,(H,24,25). The van der Waals surface area contributed by atoms with Crippen LogP contribution in [0.2, 0.25) is 0 Å². The molecule has 4 saturated carbocycles. The molecule has 2 aromatic rings. The summed E-state index contributed by atoms with van der Waals surface area (Å²) in [5.74, 6) is 1.86. The van der Waals surface area contributed by atoms with Crippen molar-refractivity contribution in [3.63, 3.8) is 0 Å². The molecule has 0 unspecified atom stereocenters. The molecule has 1 amide bonds. The molecule has 1 aromatic carbocycles. The zero-order chi connectivity index (χ0) is 19.1. The lowest BCUT2D eigenvalue weighted by Crippen LogP contribution is -2.60. The molecule has 6 rings (SSSR count). The zero-order valence-electron chi connectivity index (χ0n) is 16.0. The van der Waals surface area contributed by atoms with E-state index in [0.29, 0.717) is 6.42 Å². The number of nitrogens with zero attached hydrogens (tertiary/aromatic N) is 1. The van der Waals surface area contributed by atoms with E-state index in [2.05, 4.69) is 10.3 Å². The van der Waals surface area contributed by atoms with Gasteiger partial charge in [0.2, 0.25) is 0 Å². The Hall–Kier alpha value is -1.95. The fourth-order valence-corrected chi connectivity index (χ4v) is 7.02. The Morgan fingerprint density at radius 1 is 1.11 bits per heavy atom. The van der Waals surface area contributed by atoms with Crippen LogP contribution in [0.25, 0.3) is 10.2 Å². The van der Waals surface area contributed by atoms with E-state index in [1.165, 1.54) is 19.3 Å². The predicted octanol–water partition coefficient (Wildman–Crippen LogP) is 3.86. The van der Waals surface area contributed by atoms with Gasteiger partial charge >= 0.3 is 5.97 Å². The van der Waals surface area contributed by atoms with Gasteiger partial charge in [0.25, 0.3) is 5.91 Å². The maximum atomic E-state index is 12.4. The van der Waals surface area contributed by atoms with Crippen LogP contribution in [0.4, 0.5) is 0 Å². The lowest BCUT2D eigenvalue weighted by molar-refractivity contribution is -0.150. The molecule has 1 heterocycles. The first kappa shape index (κ1) is 18.1.